The number of rotatable bonds is 4. The highest BCUT2D eigenvalue weighted by atomic mass is 16.4. The summed E-state index contributed by atoms with van der Waals surface area (Å²) in [7, 11) is 0. The molecule has 0 aliphatic heterocycles. The number of phenolic OH excluding ortho intramolecular Hbond substituents is 1. The zero-order valence-corrected chi connectivity index (χ0v) is 11.1. The van der Waals surface area contributed by atoms with Crippen LogP contribution in [0.1, 0.15) is 29.1 Å². The molecule has 0 aliphatic rings. The number of carbonyl (C=O) groups is 2. The second-order valence-corrected chi connectivity index (χ2v) is 4.33. The molecule has 1 heterocycles. The monoisotopic (exact) mass is 290 g/mol. The predicted molar refractivity (Wildman–Crippen MR) is 74.2 cm³/mol. The molecular weight excluding hydrogens is 276 g/mol. The fraction of sp³-hybridized carbons (Fsp3) is 0.154. The van der Waals surface area contributed by atoms with E-state index in [-0.39, 0.29) is 23.0 Å². The molecule has 1 aromatic carbocycles. The number of hydrogen-bond donors (Lipinski definition) is 5. The Labute approximate surface area is 119 Å². The molecule has 110 valence electrons. The molecule has 2 rings (SSSR count). The number of amides is 2. The van der Waals surface area contributed by atoms with Gasteiger partial charge in [-0.15, -0.1) is 0 Å². The maximum atomic E-state index is 11.8. The normalized spacial score (nSPS) is 11.7. The van der Waals surface area contributed by atoms with Gasteiger partial charge in [-0.25, -0.2) is 14.6 Å². The molecule has 0 saturated heterocycles. The lowest BCUT2D eigenvalue weighted by Gasteiger charge is -2.13. The third kappa shape index (κ3) is 3.50. The van der Waals surface area contributed by atoms with Gasteiger partial charge in [0.2, 0.25) is 0 Å². The molecule has 2 amide bonds. The van der Waals surface area contributed by atoms with E-state index < -0.39 is 12.0 Å². The molecule has 0 aliphatic carbocycles. The number of benzene rings is 1. The first-order valence-corrected chi connectivity index (χ1v) is 6.10. The summed E-state index contributed by atoms with van der Waals surface area (Å²) in [5.74, 6) is -0.890. The van der Waals surface area contributed by atoms with Crippen molar-refractivity contribution >= 4 is 17.7 Å². The van der Waals surface area contributed by atoms with Crippen LogP contribution in [0.4, 0.5) is 10.5 Å². The lowest BCUT2D eigenvalue weighted by molar-refractivity contribution is 0.0696. The number of hydrogen-bond acceptors (Lipinski definition) is 4. The van der Waals surface area contributed by atoms with Gasteiger partial charge in [-0.2, -0.15) is 0 Å². The Balaban J connectivity index is 2.01. The summed E-state index contributed by atoms with van der Waals surface area (Å²) in [5.41, 5.74) is 0.0477. The first-order chi connectivity index (χ1) is 9.97. The van der Waals surface area contributed by atoms with Gasteiger partial charge in [-0.05, 0) is 25.1 Å². The van der Waals surface area contributed by atoms with E-state index in [1.165, 1.54) is 12.1 Å². The third-order valence-electron chi connectivity index (χ3n) is 2.77. The number of imidazole rings is 1. The van der Waals surface area contributed by atoms with Crippen LogP contribution in [-0.2, 0) is 0 Å². The smallest absolute Gasteiger partial charge is 0.335 e. The lowest BCUT2D eigenvalue weighted by atomic mass is 10.2. The third-order valence-corrected chi connectivity index (χ3v) is 2.77. The summed E-state index contributed by atoms with van der Waals surface area (Å²) in [4.78, 5) is 29.4. The molecule has 8 heteroatoms. The van der Waals surface area contributed by atoms with Crippen LogP contribution >= 0.6 is 0 Å². The van der Waals surface area contributed by atoms with E-state index >= 15 is 0 Å². The molecule has 0 bridgehead atoms. The minimum absolute atomic E-state index is 0.0672. The molecule has 0 saturated carbocycles. The zero-order valence-electron chi connectivity index (χ0n) is 11.1. The Kier molecular flexibility index (Phi) is 4.07. The van der Waals surface area contributed by atoms with E-state index in [9.17, 15) is 14.7 Å². The van der Waals surface area contributed by atoms with Gasteiger partial charge in [0.25, 0.3) is 0 Å². The fourth-order valence-electron chi connectivity index (χ4n) is 1.71. The molecule has 1 unspecified atom stereocenters. The highest BCUT2D eigenvalue weighted by molar-refractivity contribution is 5.93. The number of nitrogens with one attached hydrogen (secondary N) is 3. The maximum Gasteiger partial charge on any atom is 0.335 e. The molecule has 0 fully saturated rings. The summed E-state index contributed by atoms with van der Waals surface area (Å²) < 4.78 is 0. The van der Waals surface area contributed by atoms with Crippen LogP contribution in [-0.4, -0.2) is 32.2 Å². The number of carboxylic acid groups (broad SMARTS) is 1. The van der Waals surface area contributed by atoms with Crippen molar-refractivity contribution in [3.8, 4) is 5.75 Å². The summed E-state index contributed by atoms with van der Waals surface area (Å²) >= 11 is 0. The molecule has 8 nitrogen and oxygen atoms in total. The van der Waals surface area contributed by atoms with Gasteiger partial charge in [0.15, 0.2) is 0 Å². The minimum Gasteiger partial charge on any atom is -0.506 e. The van der Waals surface area contributed by atoms with Crippen LogP contribution in [0.15, 0.2) is 30.6 Å². The number of urea groups is 1. The van der Waals surface area contributed by atoms with Crippen molar-refractivity contribution in [3.63, 3.8) is 0 Å². The topological polar surface area (TPSA) is 127 Å². The molecule has 1 aromatic heterocycles. The van der Waals surface area contributed by atoms with Gasteiger partial charge >= 0.3 is 12.0 Å². The van der Waals surface area contributed by atoms with E-state index in [1.807, 2.05) is 0 Å². The number of nitrogens with zero attached hydrogens (tertiary/aromatic N) is 1. The van der Waals surface area contributed by atoms with Crippen molar-refractivity contribution in [1.29, 1.82) is 0 Å². The van der Waals surface area contributed by atoms with Crippen LogP contribution in [0.25, 0.3) is 0 Å². The Morgan fingerprint density at radius 1 is 1.38 bits per heavy atom. The van der Waals surface area contributed by atoms with Crippen molar-refractivity contribution in [1.82, 2.24) is 15.3 Å². The van der Waals surface area contributed by atoms with Crippen molar-refractivity contribution in [2.45, 2.75) is 13.0 Å². The Morgan fingerprint density at radius 3 is 2.71 bits per heavy atom. The van der Waals surface area contributed by atoms with Crippen molar-refractivity contribution in [3.05, 3.63) is 42.0 Å². The average Bonchev–Trinajstić information content (AvgIpc) is 2.94. The second kappa shape index (κ2) is 5.95. The number of anilines is 1. The highest BCUT2D eigenvalue weighted by Gasteiger charge is 2.13. The van der Waals surface area contributed by atoms with Gasteiger partial charge in [0.05, 0.1) is 17.3 Å². The van der Waals surface area contributed by atoms with Gasteiger partial charge in [-0.3, -0.25) is 0 Å². The summed E-state index contributed by atoms with van der Waals surface area (Å²) in [5, 5.41) is 23.5. The molecular formula is C13H14N4O4. The molecule has 21 heavy (non-hydrogen) atoms. The number of phenols is 1. The van der Waals surface area contributed by atoms with E-state index in [0.717, 1.165) is 6.07 Å². The number of H-pyrrole nitrogens is 1. The Bertz CT molecular complexity index is 654. The van der Waals surface area contributed by atoms with E-state index in [0.29, 0.717) is 5.82 Å². The maximum absolute atomic E-state index is 11.8. The number of aromatic nitrogens is 2. The number of carboxylic acids is 1. The van der Waals surface area contributed by atoms with Crippen LogP contribution in [0.2, 0.25) is 0 Å². The number of aromatic amines is 1. The van der Waals surface area contributed by atoms with Crippen molar-refractivity contribution in [2.75, 3.05) is 5.32 Å². The number of carbonyl (C=O) groups excluding carboxylic acids is 1. The average molecular weight is 290 g/mol. The minimum atomic E-state index is -1.16. The van der Waals surface area contributed by atoms with E-state index in [1.54, 1.807) is 19.3 Å². The van der Waals surface area contributed by atoms with Gasteiger partial charge in [0, 0.05) is 12.4 Å². The molecule has 0 spiro atoms. The molecule has 0 radical (unpaired) electrons. The highest BCUT2D eigenvalue weighted by Crippen LogP contribution is 2.24. The summed E-state index contributed by atoms with van der Waals surface area (Å²) in [6.45, 7) is 1.74. The van der Waals surface area contributed by atoms with Crippen LogP contribution in [0, 0.1) is 0 Å². The predicted octanol–water partition coefficient (Wildman–Crippen LogP) is 1.70. The van der Waals surface area contributed by atoms with Gasteiger partial charge in [-0.1, -0.05) is 0 Å². The zero-order chi connectivity index (χ0) is 15.4. The first-order valence-electron chi connectivity index (χ1n) is 6.10. The summed E-state index contributed by atoms with van der Waals surface area (Å²) in [6, 6.07) is 2.77. The number of aromatic carboxylic acids is 1. The van der Waals surface area contributed by atoms with Crippen LogP contribution < -0.4 is 10.6 Å². The SMILES string of the molecule is CC(NC(=O)Nc1ccc(C(=O)O)cc1O)c1ncc[nH]1. The second-order valence-electron chi connectivity index (χ2n) is 4.33. The number of aromatic hydroxyl groups is 1. The Morgan fingerprint density at radius 2 is 2.14 bits per heavy atom. The first kappa shape index (κ1) is 14.4. The van der Waals surface area contributed by atoms with Gasteiger partial charge < -0.3 is 25.8 Å². The largest absolute Gasteiger partial charge is 0.506 e. The van der Waals surface area contributed by atoms with Crippen LogP contribution in [0.3, 0.4) is 0 Å². The van der Waals surface area contributed by atoms with Crippen molar-refractivity contribution < 1.29 is 19.8 Å². The molecule has 2 aromatic rings. The fourth-order valence-corrected chi connectivity index (χ4v) is 1.71. The van der Waals surface area contributed by atoms with Crippen molar-refractivity contribution in [2.24, 2.45) is 0 Å². The van der Waals surface area contributed by atoms with E-state index in [2.05, 4.69) is 20.6 Å². The van der Waals surface area contributed by atoms with Gasteiger partial charge in [0.1, 0.15) is 11.6 Å². The molecule has 1 atom stereocenters. The summed E-state index contributed by atoms with van der Waals surface area (Å²) in [6.07, 6.45) is 3.21. The lowest BCUT2D eigenvalue weighted by Crippen LogP contribution is -2.31. The quantitative estimate of drug-likeness (QED) is 0.547. The molecule has 5 N–H and O–H groups in total. The standard InChI is InChI=1S/C13H14N4O4/c1-7(11-14-4-5-15-11)16-13(21)17-9-3-2-8(12(19)20)6-10(9)18/h2-7,18H,1H3,(H,14,15)(H,19,20)(H2,16,17,21). The Hall–Kier alpha value is -3.03. The van der Waals surface area contributed by atoms with E-state index in [4.69, 9.17) is 5.11 Å². The van der Waals surface area contributed by atoms with Crippen LogP contribution in [0.5, 0.6) is 5.75 Å².